The molecule has 0 radical (unpaired) electrons. The molecule has 2 rings (SSSR count). The Balaban J connectivity index is 2.21. The molecule has 0 aliphatic heterocycles. The summed E-state index contributed by atoms with van der Waals surface area (Å²) in [6, 6.07) is 11.1. The minimum absolute atomic E-state index is 0.0596. The standard InChI is InChI=1S/C24H30O4/c1-5-14-27-23-16-19(17-24(18(23)4)28-15-6-2)8-13-22(25)20-9-11-21(12-10-20)26-7-3/h8-13,16-17H,5-7,14-15H2,1-4H3/b13-8+. The van der Waals surface area contributed by atoms with E-state index in [2.05, 4.69) is 13.8 Å². The number of benzene rings is 2. The Labute approximate surface area is 168 Å². The van der Waals surface area contributed by atoms with E-state index in [4.69, 9.17) is 14.2 Å². The smallest absolute Gasteiger partial charge is 0.185 e. The van der Waals surface area contributed by atoms with E-state index in [9.17, 15) is 4.79 Å². The van der Waals surface area contributed by atoms with Gasteiger partial charge in [-0.05, 0) is 74.7 Å². The molecule has 0 fully saturated rings. The normalized spacial score (nSPS) is 10.9. The zero-order valence-electron chi connectivity index (χ0n) is 17.3. The van der Waals surface area contributed by atoms with Gasteiger partial charge in [0.2, 0.25) is 0 Å². The quantitative estimate of drug-likeness (QED) is 0.360. The molecule has 0 spiro atoms. The van der Waals surface area contributed by atoms with E-state index in [0.717, 1.165) is 41.2 Å². The zero-order chi connectivity index (χ0) is 20.4. The van der Waals surface area contributed by atoms with Crippen LogP contribution in [0.1, 0.15) is 55.1 Å². The Bertz CT molecular complexity index is 762. The summed E-state index contributed by atoms with van der Waals surface area (Å²) in [5.41, 5.74) is 2.48. The topological polar surface area (TPSA) is 44.8 Å². The molecule has 0 unspecified atom stereocenters. The van der Waals surface area contributed by atoms with E-state index in [1.54, 1.807) is 24.3 Å². The molecule has 28 heavy (non-hydrogen) atoms. The Morgan fingerprint density at radius 2 is 1.46 bits per heavy atom. The molecule has 150 valence electrons. The van der Waals surface area contributed by atoms with Crippen molar-refractivity contribution in [1.29, 1.82) is 0 Å². The second kappa shape index (κ2) is 11.2. The van der Waals surface area contributed by atoms with Crippen molar-refractivity contribution < 1.29 is 19.0 Å². The van der Waals surface area contributed by atoms with E-state index in [1.165, 1.54) is 0 Å². The minimum Gasteiger partial charge on any atom is -0.494 e. The molecule has 0 aromatic heterocycles. The van der Waals surface area contributed by atoms with Crippen molar-refractivity contribution in [2.24, 2.45) is 0 Å². The Morgan fingerprint density at radius 3 is 1.96 bits per heavy atom. The summed E-state index contributed by atoms with van der Waals surface area (Å²) in [4.78, 5) is 12.5. The van der Waals surface area contributed by atoms with Gasteiger partial charge < -0.3 is 14.2 Å². The number of ketones is 1. The van der Waals surface area contributed by atoms with Crippen LogP contribution < -0.4 is 14.2 Å². The maximum absolute atomic E-state index is 12.5. The third-order valence-electron chi connectivity index (χ3n) is 4.14. The van der Waals surface area contributed by atoms with Gasteiger partial charge in [-0.15, -0.1) is 0 Å². The summed E-state index contributed by atoms with van der Waals surface area (Å²) < 4.78 is 17.1. The predicted molar refractivity (Wildman–Crippen MR) is 114 cm³/mol. The second-order valence-corrected chi connectivity index (χ2v) is 6.49. The molecule has 0 aliphatic carbocycles. The predicted octanol–water partition coefficient (Wildman–Crippen LogP) is 5.87. The fourth-order valence-electron chi connectivity index (χ4n) is 2.65. The largest absolute Gasteiger partial charge is 0.494 e. The van der Waals surface area contributed by atoms with Crippen molar-refractivity contribution in [3.63, 3.8) is 0 Å². The first-order valence-electron chi connectivity index (χ1n) is 9.94. The SMILES string of the molecule is CCCOc1cc(/C=C/C(=O)c2ccc(OCC)cc2)cc(OCCC)c1C. The molecule has 0 N–H and O–H groups in total. The van der Waals surface area contributed by atoms with Crippen LogP contribution in [0.5, 0.6) is 17.2 Å². The van der Waals surface area contributed by atoms with Gasteiger partial charge in [0, 0.05) is 11.1 Å². The number of hydrogen-bond donors (Lipinski definition) is 0. The third kappa shape index (κ3) is 6.15. The van der Waals surface area contributed by atoms with Crippen molar-refractivity contribution >= 4 is 11.9 Å². The summed E-state index contributed by atoms with van der Waals surface area (Å²) >= 11 is 0. The lowest BCUT2D eigenvalue weighted by molar-refractivity contribution is 0.104. The third-order valence-corrected chi connectivity index (χ3v) is 4.14. The second-order valence-electron chi connectivity index (χ2n) is 6.49. The number of hydrogen-bond acceptors (Lipinski definition) is 4. The average molecular weight is 383 g/mol. The van der Waals surface area contributed by atoms with Crippen LogP contribution in [0.3, 0.4) is 0 Å². The van der Waals surface area contributed by atoms with Gasteiger partial charge in [-0.1, -0.05) is 19.9 Å². The van der Waals surface area contributed by atoms with Crippen LogP contribution in [0, 0.1) is 6.92 Å². The fourth-order valence-corrected chi connectivity index (χ4v) is 2.65. The number of carbonyl (C=O) groups is 1. The fraction of sp³-hybridized carbons (Fsp3) is 0.375. The molecule has 0 heterocycles. The molecule has 0 bridgehead atoms. The van der Waals surface area contributed by atoms with Gasteiger partial charge in [0.15, 0.2) is 5.78 Å². The highest BCUT2D eigenvalue weighted by molar-refractivity contribution is 6.06. The molecule has 4 nitrogen and oxygen atoms in total. The Kier molecular flexibility index (Phi) is 8.60. The van der Waals surface area contributed by atoms with Gasteiger partial charge >= 0.3 is 0 Å². The number of carbonyl (C=O) groups excluding carboxylic acids is 1. The maximum Gasteiger partial charge on any atom is 0.185 e. The van der Waals surface area contributed by atoms with E-state index >= 15 is 0 Å². The van der Waals surface area contributed by atoms with Crippen molar-refractivity contribution in [3.05, 3.63) is 59.2 Å². The Hall–Kier alpha value is -2.75. The lowest BCUT2D eigenvalue weighted by Gasteiger charge is -2.14. The zero-order valence-corrected chi connectivity index (χ0v) is 17.3. The molecule has 2 aromatic rings. The number of rotatable bonds is 11. The molecule has 4 heteroatoms. The van der Waals surface area contributed by atoms with Crippen LogP contribution in [-0.2, 0) is 0 Å². The summed E-state index contributed by atoms with van der Waals surface area (Å²) in [6.07, 6.45) is 5.24. The lowest BCUT2D eigenvalue weighted by atomic mass is 10.1. The lowest BCUT2D eigenvalue weighted by Crippen LogP contribution is -2.02. The van der Waals surface area contributed by atoms with Gasteiger partial charge in [0.05, 0.1) is 19.8 Å². The highest BCUT2D eigenvalue weighted by Gasteiger charge is 2.09. The van der Waals surface area contributed by atoms with E-state index in [-0.39, 0.29) is 5.78 Å². The van der Waals surface area contributed by atoms with Crippen LogP contribution in [0.4, 0.5) is 0 Å². The molecule has 0 atom stereocenters. The first kappa shape index (κ1) is 21.5. The molecule has 0 saturated heterocycles. The molecular weight excluding hydrogens is 352 g/mol. The molecular formula is C24H30O4. The van der Waals surface area contributed by atoms with E-state index in [0.29, 0.717) is 25.4 Å². The molecule has 0 amide bonds. The first-order valence-corrected chi connectivity index (χ1v) is 9.94. The summed E-state index contributed by atoms with van der Waals surface area (Å²) in [7, 11) is 0. The highest BCUT2D eigenvalue weighted by atomic mass is 16.5. The van der Waals surface area contributed by atoms with Gasteiger partial charge in [-0.3, -0.25) is 4.79 Å². The van der Waals surface area contributed by atoms with Gasteiger partial charge in [0.25, 0.3) is 0 Å². The number of allylic oxidation sites excluding steroid dienone is 1. The van der Waals surface area contributed by atoms with Crippen LogP contribution in [-0.4, -0.2) is 25.6 Å². The van der Waals surface area contributed by atoms with Crippen LogP contribution >= 0.6 is 0 Å². The summed E-state index contributed by atoms with van der Waals surface area (Å²) in [5, 5.41) is 0. The monoisotopic (exact) mass is 382 g/mol. The van der Waals surface area contributed by atoms with Crippen molar-refractivity contribution in [1.82, 2.24) is 0 Å². The van der Waals surface area contributed by atoms with Crippen LogP contribution in [0.2, 0.25) is 0 Å². The summed E-state index contributed by atoms with van der Waals surface area (Å²) in [6.45, 7) is 9.96. The average Bonchev–Trinajstić information content (AvgIpc) is 2.71. The highest BCUT2D eigenvalue weighted by Crippen LogP contribution is 2.31. The molecule has 0 aliphatic rings. The van der Waals surface area contributed by atoms with Crippen LogP contribution in [0.15, 0.2) is 42.5 Å². The van der Waals surface area contributed by atoms with Gasteiger partial charge in [-0.25, -0.2) is 0 Å². The van der Waals surface area contributed by atoms with E-state index < -0.39 is 0 Å². The molecule has 0 saturated carbocycles. The summed E-state index contributed by atoms with van der Waals surface area (Å²) in [5.74, 6) is 2.29. The minimum atomic E-state index is -0.0596. The Morgan fingerprint density at radius 1 is 0.893 bits per heavy atom. The van der Waals surface area contributed by atoms with Gasteiger partial charge in [0.1, 0.15) is 17.2 Å². The maximum atomic E-state index is 12.5. The van der Waals surface area contributed by atoms with Crippen molar-refractivity contribution in [2.75, 3.05) is 19.8 Å². The van der Waals surface area contributed by atoms with Crippen molar-refractivity contribution in [2.45, 2.75) is 40.5 Å². The van der Waals surface area contributed by atoms with Gasteiger partial charge in [-0.2, -0.15) is 0 Å². The van der Waals surface area contributed by atoms with E-state index in [1.807, 2.05) is 38.1 Å². The van der Waals surface area contributed by atoms with Crippen molar-refractivity contribution in [3.8, 4) is 17.2 Å². The number of ether oxygens (including phenoxy) is 3. The first-order chi connectivity index (χ1) is 13.6. The van der Waals surface area contributed by atoms with Crippen LogP contribution in [0.25, 0.3) is 6.08 Å². The molecule has 2 aromatic carbocycles.